The molecule has 0 unspecified atom stereocenters. The van der Waals surface area contributed by atoms with Crippen molar-refractivity contribution in [1.29, 1.82) is 0 Å². The van der Waals surface area contributed by atoms with Gasteiger partial charge in [-0.2, -0.15) is 0 Å². The quantitative estimate of drug-likeness (QED) is 0.633. The summed E-state index contributed by atoms with van der Waals surface area (Å²) in [4.78, 5) is 22.8. The molecule has 2 amide bonds. The number of carbonyl (C=O) groups is 2. The fraction of sp³-hybridized carbons (Fsp3) is 0. The zero-order valence-corrected chi connectivity index (χ0v) is 10.3. The van der Waals surface area contributed by atoms with E-state index < -0.39 is 11.8 Å². The van der Waals surface area contributed by atoms with Crippen LogP contribution in [0.2, 0.25) is 0 Å². The lowest BCUT2D eigenvalue weighted by atomic mass is 10.1. The van der Waals surface area contributed by atoms with Gasteiger partial charge in [-0.25, -0.2) is 0 Å². The van der Waals surface area contributed by atoms with Gasteiger partial charge < -0.3 is 21.3 Å². The van der Waals surface area contributed by atoms with Crippen molar-refractivity contribution in [2.24, 2.45) is 5.73 Å². The molecule has 20 heavy (non-hydrogen) atoms. The van der Waals surface area contributed by atoms with Crippen molar-refractivity contribution in [2.45, 2.75) is 0 Å². The van der Waals surface area contributed by atoms with E-state index in [0.29, 0.717) is 11.3 Å². The molecule has 2 aromatic carbocycles. The predicted molar refractivity (Wildman–Crippen MR) is 72.7 cm³/mol. The van der Waals surface area contributed by atoms with Crippen molar-refractivity contribution in [2.75, 3.05) is 5.32 Å². The zero-order chi connectivity index (χ0) is 14.7. The number of aromatic hydroxyl groups is 2. The number of phenolic OH excluding ortho intramolecular Hbond substituents is 2. The Morgan fingerprint density at radius 2 is 1.65 bits per heavy atom. The lowest BCUT2D eigenvalue weighted by Gasteiger charge is -2.07. The first-order valence-corrected chi connectivity index (χ1v) is 5.70. The highest BCUT2D eigenvalue weighted by Crippen LogP contribution is 2.23. The number of hydrogen-bond donors (Lipinski definition) is 4. The average molecular weight is 272 g/mol. The molecular weight excluding hydrogens is 260 g/mol. The van der Waals surface area contributed by atoms with Crippen LogP contribution >= 0.6 is 0 Å². The predicted octanol–water partition coefficient (Wildman–Crippen LogP) is 1.45. The zero-order valence-electron chi connectivity index (χ0n) is 10.3. The minimum atomic E-state index is -0.578. The molecule has 5 N–H and O–H groups in total. The molecule has 0 atom stereocenters. The van der Waals surface area contributed by atoms with Gasteiger partial charge in [0.1, 0.15) is 11.5 Å². The Kier molecular flexibility index (Phi) is 3.56. The number of benzene rings is 2. The molecule has 2 rings (SSSR count). The van der Waals surface area contributed by atoms with Crippen LogP contribution in [0, 0.1) is 0 Å². The van der Waals surface area contributed by atoms with Crippen LogP contribution in [0.25, 0.3) is 0 Å². The van der Waals surface area contributed by atoms with Crippen LogP contribution in [0.1, 0.15) is 20.7 Å². The summed E-state index contributed by atoms with van der Waals surface area (Å²) in [6, 6.07) is 9.62. The SMILES string of the molecule is NC(=O)c1ccc(NC(=O)c2cc(O)ccc2O)cc1. The van der Waals surface area contributed by atoms with Crippen LogP contribution in [-0.2, 0) is 0 Å². The van der Waals surface area contributed by atoms with E-state index in [0.717, 1.165) is 6.07 Å². The molecule has 6 nitrogen and oxygen atoms in total. The van der Waals surface area contributed by atoms with Crippen molar-refractivity contribution < 1.29 is 19.8 Å². The van der Waals surface area contributed by atoms with Crippen molar-refractivity contribution in [3.05, 3.63) is 53.6 Å². The van der Waals surface area contributed by atoms with Gasteiger partial charge in [-0.15, -0.1) is 0 Å². The normalized spacial score (nSPS) is 10.0. The Hall–Kier alpha value is -3.02. The third-order valence-corrected chi connectivity index (χ3v) is 2.65. The number of carbonyl (C=O) groups excluding carboxylic acids is 2. The summed E-state index contributed by atoms with van der Waals surface area (Å²) in [6.45, 7) is 0. The Morgan fingerprint density at radius 3 is 2.25 bits per heavy atom. The van der Waals surface area contributed by atoms with Crippen LogP contribution in [0.15, 0.2) is 42.5 Å². The van der Waals surface area contributed by atoms with Crippen molar-refractivity contribution in [3.63, 3.8) is 0 Å². The van der Waals surface area contributed by atoms with Gasteiger partial charge in [0, 0.05) is 11.3 Å². The minimum Gasteiger partial charge on any atom is -0.508 e. The molecule has 102 valence electrons. The van der Waals surface area contributed by atoms with E-state index in [2.05, 4.69) is 5.32 Å². The number of anilines is 1. The molecule has 2 aromatic rings. The summed E-state index contributed by atoms with van der Waals surface area (Å²) in [7, 11) is 0. The highest BCUT2D eigenvalue weighted by atomic mass is 16.3. The van der Waals surface area contributed by atoms with Gasteiger partial charge in [0.15, 0.2) is 0 Å². The van der Waals surface area contributed by atoms with E-state index in [4.69, 9.17) is 5.73 Å². The Bertz CT molecular complexity index is 665. The lowest BCUT2D eigenvalue weighted by Crippen LogP contribution is -2.13. The highest BCUT2D eigenvalue weighted by molar-refractivity contribution is 6.06. The molecule has 0 aliphatic heterocycles. The summed E-state index contributed by atoms with van der Waals surface area (Å²) >= 11 is 0. The van der Waals surface area contributed by atoms with Gasteiger partial charge in [0.05, 0.1) is 5.56 Å². The number of amides is 2. The maximum Gasteiger partial charge on any atom is 0.259 e. The summed E-state index contributed by atoms with van der Waals surface area (Å²) in [5.41, 5.74) is 5.81. The smallest absolute Gasteiger partial charge is 0.259 e. The average Bonchev–Trinajstić information content (AvgIpc) is 2.42. The first-order valence-electron chi connectivity index (χ1n) is 5.70. The third-order valence-electron chi connectivity index (χ3n) is 2.65. The lowest BCUT2D eigenvalue weighted by molar-refractivity contribution is 0.0998. The van der Waals surface area contributed by atoms with E-state index in [1.165, 1.54) is 36.4 Å². The molecule has 0 spiro atoms. The van der Waals surface area contributed by atoms with Crippen LogP contribution < -0.4 is 11.1 Å². The molecular formula is C14H12N2O4. The summed E-state index contributed by atoms with van der Waals surface area (Å²) < 4.78 is 0. The molecule has 0 aliphatic rings. The topological polar surface area (TPSA) is 113 Å². The maximum atomic E-state index is 11.9. The van der Waals surface area contributed by atoms with Gasteiger partial charge in [0.2, 0.25) is 5.91 Å². The number of primary amides is 1. The van der Waals surface area contributed by atoms with Gasteiger partial charge in [-0.1, -0.05) is 0 Å². The summed E-state index contributed by atoms with van der Waals surface area (Å²) in [5, 5.41) is 21.4. The molecule has 0 saturated carbocycles. The minimum absolute atomic E-state index is 0.0519. The van der Waals surface area contributed by atoms with E-state index in [1.54, 1.807) is 0 Å². The second kappa shape index (κ2) is 5.31. The highest BCUT2D eigenvalue weighted by Gasteiger charge is 2.12. The molecule has 0 radical (unpaired) electrons. The van der Waals surface area contributed by atoms with Crippen LogP contribution in [0.3, 0.4) is 0 Å². The maximum absolute atomic E-state index is 11.9. The van der Waals surface area contributed by atoms with Crippen LogP contribution in [0.4, 0.5) is 5.69 Å². The standard InChI is InChI=1S/C14H12N2O4/c15-13(19)8-1-3-9(4-2-8)16-14(20)11-7-10(17)5-6-12(11)18/h1-7,17-18H,(H2,15,19)(H,16,20). The second-order valence-corrected chi connectivity index (χ2v) is 4.10. The molecule has 0 aromatic heterocycles. The molecule has 6 heteroatoms. The molecule has 0 bridgehead atoms. The van der Waals surface area contributed by atoms with Crippen LogP contribution in [-0.4, -0.2) is 22.0 Å². The fourth-order valence-electron chi connectivity index (χ4n) is 1.62. The monoisotopic (exact) mass is 272 g/mol. The summed E-state index contributed by atoms with van der Waals surface area (Å²) in [6.07, 6.45) is 0. The number of rotatable bonds is 3. The Balaban J connectivity index is 2.19. The molecule has 0 heterocycles. The number of hydrogen-bond acceptors (Lipinski definition) is 4. The van der Waals surface area contributed by atoms with Crippen molar-refractivity contribution in [3.8, 4) is 11.5 Å². The van der Waals surface area contributed by atoms with E-state index in [1.807, 2.05) is 0 Å². The number of nitrogens with two attached hydrogens (primary N) is 1. The molecule has 0 fully saturated rings. The third kappa shape index (κ3) is 2.86. The van der Waals surface area contributed by atoms with Crippen LogP contribution in [0.5, 0.6) is 11.5 Å². The fourth-order valence-corrected chi connectivity index (χ4v) is 1.62. The van der Waals surface area contributed by atoms with E-state index in [9.17, 15) is 19.8 Å². The number of phenols is 2. The first-order chi connectivity index (χ1) is 9.47. The second-order valence-electron chi connectivity index (χ2n) is 4.10. The molecule has 0 saturated heterocycles. The number of nitrogens with one attached hydrogen (secondary N) is 1. The van der Waals surface area contributed by atoms with Crippen molar-refractivity contribution in [1.82, 2.24) is 0 Å². The van der Waals surface area contributed by atoms with Gasteiger partial charge >= 0.3 is 0 Å². The Labute approximate surface area is 114 Å². The van der Waals surface area contributed by atoms with E-state index in [-0.39, 0.29) is 17.1 Å². The van der Waals surface area contributed by atoms with Gasteiger partial charge in [-0.05, 0) is 42.5 Å². The molecule has 0 aliphatic carbocycles. The van der Waals surface area contributed by atoms with Gasteiger partial charge in [-0.3, -0.25) is 9.59 Å². The van der Waals surface area contributed by atoms with E-state index >= 15 is 0 Å². The summed E-state index contributed by atoms with van der Waals surface area (Å²) in [5.74, 6) is -1.51. The van der Waals surface area contributed by atoms with Crippen molar-refractivity contribution >= 4 is 17.5 Å². The Morgan fingerprint density at radius 1 is 1.00 bits per heavy atom. The first kappa shape index (κ1) is 13.4. The largest absolute Gasteiger partial charge is 0.508 e. The van der Waals surface area contributed by atoms with Gasteiger partial charge in [0.25, 0.3) is 5.91 Å².